The van der Waals surface area contributed by atoms with Crippen molar-refractivity contribution in [2.75, 3.05) is 6.61 Å². The molecule has 0 aliphatic rings. The molecular formula is C13H15N3O3S. The number of para-hydroxylation sites is 1. The van der Waals surface area contributed by atoms with Crippen molar-refractivity contribution in [3.63, 3.8) is 0 Å². The van der Waals surface area contributed by atoms with Gasteiger partial charge in [-0.2, -0.15) is 0 Å². The fraction of sp³-hybridized carbons (Fsp3) is 0.154. The van der Waals surface area contributed by atoms with E-state index in [1.54, 1.807) is 30.3 Å². The van der Waals surface area contributed by atoms with Crippen molar-refractivity contribution in [1.29, 1.82) is 0 Å². The van der Waals surface area contributed by atoms with E-state index in [2.05, 4.69) is 22.7 Å². The fourth-order valence-electron chi connectivity index (χ4n) is 1.30. The van der Waals surface area contributed by atoms with Gasteiger partial charge < -0.3 is 10.1 Å². The molecule has 106 valence electrons. The molecule has 0 bridgehead atoms. The molecule has 2 amide bonds. The van der Waals surface area contributed by atoms with Gasteiger partial charge in [-0.15, -0.1) is 0 Å². The third kappa shape index (κ3) is 5.07. The maximum atomic E-state index is 12.0. The van der Waals surface area contributed by atoms with E-state index in [9.17, 15) is 9.59 Å². The number of carbonyl (C=O) groups is 2. The number of amides is 2. The number of benzene rings is 1. The lowest BCUT2D eigenvalue weighted by atomic mass is 10.2. The third-order valence-electron chi connectivity index (χ3n) is 2.07. The van der Waals surface area contributed by atoms with Crippen molar-refractivity contribution >= 4 is 29.1 Å². The Bertz CT molecular complexity index is 531. The Labute approximate surface area is 122 Å². The minimum atomic E-state index is -0.433. The summed E-state index contributed by atoms with van der Waals surface area (Å²) in [6, 6.07) is 6.74. The third-order valence-corrected chi connectivity index (χ3v) is 2.27. The molecule has 6 nitrogen and oxygen atoms in total. The lowest BCUT2D eigenvalue weighted by molar-refractivity contribution is -0.117. The van der Waals surface area contributed by atoms with Crippen LogP contribution in [0.2, 0.25) is 0 Å². The molecule has 0 heterocycles. The Morgan fingerprint density at radius 3 is 2.70 bits per heavy atom. The number of nitrogens with one attached hydrogen (secondary N) is 3. The molecule has 1 aromatic rings. The molecule has 0 radical (unpaired) electrons. The first-order valence-electron chi connectivity index (χ1n) is 5.75. The number of hydrogen-bond acceptors (Lipinski definition) is 4. The van der Waals surface area contributed by atoms with Crippen LogP contribution in [0, 0.1) is 0 Å². The van der Waals surface area contributed by atoms with Crippen LogP contribution in [0.3, 0.4) is 0 Å². The van der Waals surface area contributed by atoms with Gasteiger partial charge in [0.25, 0.3) is 5.91 Å². The Morgan fingerprint density at radius 2 is 2.05 bits per heavy atom. The smallest absolute Gasteiger partial charge is 0.273 e. The lowest BCUT2D eigenvalue weighted by Gasteiger charge is -2.12. The molecule has 0 saturated heterocycles. The second-order valence-corrected chi connectivity index (χ2v) is 4.09. The lowest BCUT2D eigenvalue weighted by Crippen LogP contribution is -2.48. The molecule has 0 spiro atoms. The van der Waals surface area contributed by atoms with Gasteiger partial charge in [0.05, 0.1) is 5.56 Å². The van der Waals surface area contributed by atoms with Crippen molar-refractivity contribution in [1.82, 2.24) is 16.2 Å². The summed E-state index contributed by atoms with van der Waals surface area (Å²) in [7, 11) is 0. The maximum Gasteiger partial charge on any atom is 0.273 e. The summed E-state index contributed by atoms with van der Waals surface area (Å²) in [5.74, 6) is -0.332. The van der Waals surface area contributed by atoms with E-state index >= 15 is 0 Å². The number of ether oxygens (including phenoxy) is 1. The zero-order valence-corrected chi connectivity index (χ0v) is 11.8. The first-order valence-corrected chi connectivity index (χ1v) is 6.16. The fourth-order valence-corrected chi connectivity index (χ4v) is 1.50. The summed E-state index contributed by atoms with van der Waals surface area (Å²) in [4.78, 5) is 22.7. The van der Waals surface area contributed by atoms with E-state index in [1.165, 1.54) is 6.92 Å². The zero-order valence-electron chi connectivity index (χ0n) is 10.9. The highest BCUT2D eigenvalue weighted by Gasteiger charge is 2.11. The molecule has 0 atom stereocenters. The average molecular weight is 293 g/mol. The predicted molar refractivity (Wildman–Crippen MR) is 79.2 cm³/mol. The van der Waals surface area contributed by atoms with Crippen LogP contribution in [0.25, 0.3) is 0 Å². The minimum Gasteiger partial charge on any atom is -0.489 e. The topological polar surface area (TPSA) is 79.5 Å². The second kappa shape index (κ2) is 7.90. The Balaban J connectivity index is 2.65. The average Bonchev–Trinajstić information content (AvgIpc) is 2.42. The molecule has 0 saturated carbocycles. The van der Waals surface area contributed by atoms with Crippen LogP contribution < -0.4 is 20.9 Å². The van der Waals surface area contributed by atoms with Crippen molar-refractivity contribution in [3.05, 3.63) is 42.5 Å². The summed E-state index contributed by atoms with van der Waals surface area (Å²) in [5, 5.41) is 2.33. The summed E-state index contributed by atoms with van der Waals surface area (Å²) in [6.07, 6.45) is 1.58. The molecule has 1 aromatic carbocycles. The van der Waals surface area contributed by atoms with Crippen LogP contribution >= 0.6 is 12.2 Å². The van der Waals surface area contributed by atoms with E-state index < -0.39 is 5.91 Å². The van der Waals surface area contributed by atoms with Gasteiger partial charge in [-0.25, -0.2) is 0 Å². The van der Waals surface area contributed by atoms with Crippen LogP contribution in [-0.4, -0.2) is 23.5 Å². The van der Waals surface area contributed by atoms with Gasteiger partial charge in [-0.1, -0.05) is 24.8 Å². The van der Waals surface area contributed by atoms with Gasteiger partial charge in [0.1, 0.15) is 12.4 Å². The molecule has 0 unspecified atom stereocenters. The highest BCUT2D eigenvalue weighted by Crippen LogP contribution is 2.17. The molecular weight excluding hydrogens is 278 g/mol. The standard InChI is InChI=1S/C13H15N3O3S/c1-3-8-19-11-7-5-4-6-10(11)12(18)15-16-13(20)14-9(2)17/h3-7H,1,8H2,2H3,(H,15,18)(H2,14,16,17,20). The van der Waals surface area contributed by atoms with Gasteiger partial charge in [-0.3, -0.25) is 20.4 Å². The van der Waals surface area contributed by atoms with E-state index in [-0.39, 0.29) is 11.0 Å². The SMILES string of the molecule is C=CCOc1ccccc1C(=O)NNC(=S)NC(C)=O. The Kier molecular flexibility index (Phi) is 6.18. The monoisotopic (exact) mass is 293 g/mol. The Hall–Kier alpha value is -2.41. The first kappa shape index (κ1) is 15.6. The van der Waals surface area contributed by atoms with Crippen molar-refractivity contribution in [2.24, 2.45) is 0 Å². The van der Waals surface area contributed by atoms with Gasteiger partial charge in [-0.05, 0) is 24.4 Å². The van der Waals surface area contributed by atoms with Crippen molar-refractivity contribution < 1.29 is 14.3 Å². The number of thiocarbonyl (C=S) groups is 1. The first-order chi connectivity index (χ1) is 9.54. The number of rotatable bonds is 4. The van der Waals surface area contributed by atoms with Gasteiger partial charge in [0, 0.05) is 6.92 Å². The molecule has 1 rings (SSSR count). The number of hydrogen-bond donors (Lipinski definition) is 3. The Morgan fingerprint density at radius 1 is 1.35 bits per heavy atom. The van der Waals surface area contributed by atoms with Crippen LogP contribution in [0.4, 0.5) is 0 Å². The van der Waals surface area contributed by atoms with E-state index in [4.69, 9.17) is 17.0 Å². The highest BCUT2D eigenvalue weighted by atomic mass is 32.1. The van der Waals surface area contributed by atoms with Crippen LogP contribution in [0.5, 0.6) is 5.75 Å². The van der Waals surface area contributed by atoms with Crippen molar-refractivity contribution in [3.8, 4) is 5.75 Å². The molecule has 0 aliphatic heterocycles. The molecule has 0 fully saturated rings. The van der Waals surface area contributed by atoms with Crippen molar-refractivity contribution in [2.45, 2.75) is 6.92 Å². The van der Waals surface area contributed by atoms with Gasteiger partial charge in [0.15, 0.2) is 5.11 Å². The second-order valence-electron chi connectivity index (χ2n) is 3.69. The number of hydrazine groups is 1. The minimum absolute atomic E-state index is 0.00958. The van der Waals surface area contributed by atoms with Gasteiger partial charge >= 0.3 is 0 Å². The molecule has 3 N–H and O–H groups in total. The summed E-state index contributed by atoms with van der Waals surface area (Å²) in [6.45, 7) is 5.15. The normalized spacial score (nSPS) is 9.25. The zero-order chi connectivity index (χ0) is 15.0. The van der Waals surface area contributed by atoms with Gasteiger partial charge in [0.2, 0.25) is 5.91 Å². The van der Waals surface area contributed by atoms with Crippen LogP contribution in [-0.2, 0) is 4.79 Å². The van der Waals surface area contributed by atoms with Crippen LogP contribution in [0.15, 0.2) is 36.9 Å². The highest BCUT2D eigenvalue weighted by molar-refractivity contribution is 7.80. The summed E-state index contributed by atoms with van der Waals surface area (Å²) < 4.78 is 5.37. The largest absolute Gasteiger partial charge is 0.489 e. The van der Waals surface area contributed by atoms with Crippen LogP contribution in [0.1, 0.15) is 17.3 Å². The van der Waals surface area contributed by atoms with E-state index in [0.29, 0.717) is 17.9 Å². The molecule has 0 aromatic heterocycles. The predicted octanol–water partition coefficient (Wildman–Crippen LogP) is 0.907. The number of carbonyl (C=O) groups excluding carboxylic acids is 2. The molecule has 20 heavy (non-hydrogen) atoms. The van der Waals surface area contributed by atoms with E-state index in [1.807, 2.05) is 0 Å². The molecule has 0 aliphatic carbocycles. The quantitative estimate of drug-likeness (QED) is 0.437. The maximum absolute atomic E-state index is 12.0. The summed E-state index contributed by atoms with van der Waals surface area (Å²) >= 11 is 4.80. The summed E-state index contributed by atoms with van der Waals surface area (Å²) in [5.41, 5.74) is 5.13. The molecule has 7 heteroatoms. The van der Waals surface area contributed by atoms with E-state index in [0.717, 1.165) is 0 Å².